The second kappa shape index (κ2) is 8.61. The average Bonchev–Trinajstić information content (AvgIpc) is 3.65. The Hall–Kier alpha value is -3.23. The van der Waals surface area contributed by atoms with Crippen LogP contribution in [0, 0.1) is 5.82 Å². The molecule has 3 aromatic rings. The third-order valence-corrected chi connectivity index (χ3v) is 6.61. The maximum Gasteiger partial charge on any atom is 0.341 e. The number of aliphatic hydroxyl groups excluding tert-OH is 1. The van der Waals surface area contributed by atoms with Crippen molar-refractivity contribution in [1.29, 1.82) is 0 Å². The summed E-state index contributed by atoms with van der Waals surface area (Å²) in [4.78, 5) is 28.7. The van der Waals surface area contributed by atoms with E-state index in [9.17, 15) is 19.8 Å². The van der Waals surface area contributed by atoms with Gasteiger partial charge in [-0.1, -0.05) is 30.3 Å². The van der Waals surface area contributed by atoms with Crippen molar-refractivity contribution in [3.05, 3.63) is 75.3 Å². The highest BCUT2D eigenvalue weighted by Gasteiger charge is 2.31. The average molecular weight is 451 g/mol. The molecule has 2 N–H and O–H groups in total. The van der Waals surface area contributed by atoms with Crippen molar-refractivity contribution in [3.63, 3.8) is 0 Å². The number of aromatic nitrogens is 1. The molecule has 2 aliphatic rings. The van der Waals surface area contributed by atoms with Crippen LogP contribution in [0.2, 0.25) is 0 Å². The van der Waals surface area contributed by atoms with E-state index >= 15 is 4.39 Å². The number of hydrogen-bond acceptors (Lipinski definition) is 5. The summed E-state index contributed by atoms with van der Waals surface area (Å²) in [5, 5.41) is 19.8. The molecule has 2 heterocycles. The van der Waals surface area contributed by atoms with Crippen molar-refractivity contribution in [2.24, 2.45) is 0 Å². The predicted molar refractivity (Wildman–Crippen MR) is 123 cm³/mol. The second-order valence-corrected chi connectivity index (χ2v) is 8.80. The van der Waals surface area contributed by atoms with Gasteiger partial charge in [0.25, 0.3) is 0 Å². The highest BCUT2D eigenvalue weighted by molar-refractivity contribution is 5.95. The fourth-order valence-corrected chi connectivity index (χ4v) is 4.81. The lowest BCUT2D eigenvalue weighted by molar-refractivity contribution is 0.0695. The van der Waals surface area contributed by atoms with Crippen molar-refractivity contribution in [1.82, 2.24) is 9.47 Å². The van der Waals surface area contributed by atoms with Crippen LogP contribution in [-0.2, 0) is 13.2 Å². The molecule has 1 aliphatic carbocycles. The van der Waals surface area contributed by atoms with E-state index < -0.39 is 23.8 Å². The minimum Gasteiger partial charge on any atom is -0.477 e. The molecule has 7 nitrogen and oxygen atoms in total. The summed E-state index contributed by atoms with van der Waals surface area (Å²) < 4.78 is 17.1. The lowest BCUT2D eigenvalue weighted by Gasteiger charge is -2.37. The van der Waals surface area contributed by atoms with Crippen LogP contribution in [0.4, 0.5) is 10.1 Å². The van der Waals surface area contributed by atoms with E-state index in [2.05, 4.69) is 17.0 Å². The number of carboxylic acid groups (broad SMARTS) is 1. The predicted octanol–water partition coefficient (Wildman–Crippen LogP) is 2.99. The first-order chi connectivity index (χ1) is 16.0. The van der Waals surface area contributed by atoms with Gasteiger partial charge in [-0.2, -0.15) is 0 Å². The number of pyridine rings is 1. The van der Waals surface area contributed by atoms with E-state index in [1.54, 1.807) is 4.57 Å². The molecule has 1 aromatic heterocycles. The van der Waals surface area contributed by atoms with Gasteiger partial charge in [-0.05, 0) is 24.5 Å². The number of fused-ring (bicyclic) bond motifs is 1. The Morgan fingerprint density at radius 3 is 2.39 bits per heavy atom. The minimum absolute atomic E-state index is 0.00909. The summed E-state index contributed by atoms with van der Waals surface area (Å²) in [6.07, 6.45) is 3.06. The van der Waals surface area contributed by atoms with E-state index in [0.29, 0.717) is 29.9 Å². The molecule has 0 spiro atoms. The van der Waals surface area contributed by atoms with Gasteiger partial charge in [0.1, 0.15) is 11.4 Å². The number of halogens is 1. The Bertz CT molecular complexity index is 1260. The lowest BCUT2D eigenvalue weighted by Crippen LogP contribution is -2.46. The molecule has 1 aliphatic heterocycles. The molecule has 8 heteroatoms. The largest absolute Gasteiger partial charge is 0.477 e. The molecule has 1 saturated heterocycles. The fraction of sp³-hybridized carbons (Fsp3) is 0.360. The van der Waals surface area contributed by atoms with Crippen LogP contribution in [0.25, 0.3) is 10.9 Å². The number of aliphatic hydroxyl groups is 1. The normalized spacial score (nSPS) is 17.0. The standard InChI is InChI=1S/C25H26FN3O4/c26-21-12-18-22(29(17-6-7-17)14-19(24(18)31)25(32)33)20(15-30)23(21)28-10-8-27(9-11-28)13-16-4-2-1-3-5-16/h1-5,12,14,17,30H,6-11,13,15H2,(H,32,33). The quantitative estimate of drug-likeness (QED) is 0.599. The molecule has 2 aromatic carbocycles. The summed E-state index contributed by atoms with van der Waals surface area (Å²) in [6.45, 7) is 3.04. The molecule has 0 unspecified atom stereocenters. The molecule has 0 radical (unpaired) electrons. The van der Waals surface area contributed by atoms with Gasteiger partial charge in [0.05, 0.1) is 17.8 Å². The molecule has 0 amide bonds. The molecule has 5 rings (SSSR count). The van der Waals surface area contributed by atoms with E-state index in [4.69, 9.17) is 0 Å². The summed E-state index contributed by atoms with van der Waals surface area (Å²) >= 11 is 0. The van der Waals surface area contributed by atoms with Gasteiger partial charge in [0.2, 0.25) is 5.43 Å². The summed E-state index contributed by atoms with van der Waals surface area (Å²) in [7, 11) is 0. The zero-order valence-corrected chi connectivity index (χ0v) is 18.2. The van der Waals surface area contributed by atoms with Crippen LogP contribution in [0.5, 0.6) is 0 Å². The Morgan fingerprint density at radius 1 is 1.09 bits per heavy atom. The summed E-state index contributed by atoms with van der Waals surface area (Å²) in [6, 6.07) is 11.4. The van der Waals surface area contributed by atoms with Crippen LogP contribution < -0.4 is 10.3 Å². The smallest absolute Gasteiger partial charge is 0.341 e. The molecule has 2 fully saturated rings. The Morgan fingerprint density at radius 2 is 1.79 bits per heavy atom. The van der Waals surface area contributed by atoms with Gasteiger partial charge in [0.15, 0.2) is 0 Å². The molecule has 1 saturated carbocycles. The van der Waals surface area contributed by atoms with Gasteiger partial charge in [-0.25, -0.2) is 9.18 Å². The van der Waals surface area contributed by atoms with E-state index in [0.717, 1.165) is 38.5 Å². The Balaban J connectivity index is 1.52. The number of rotatable bonds is 6. The topological polar surface area (TPSA) is 86.0 Å². The number of benzene rings is 2. The third kappa shape index (κ3) is 4.00. The van der Waals surface area contributed by atoms with Crippen LogP contribution in [0.3, 0.4) is 0 Å². The molecular formula is C25H26FN3O4. The lowest BCUT2D eigenvalue weighted by atomic mass is 10.0. The zero-order chi connectivity index (χ0) is 23.1. The van der Waals surface area contributed by atoms with Crippen LogP contribution in [-0.4, -0.2) is 51.8 Å². The van der Waals surface area contributed by atoms with Gasteiger partial charge in [-0.15, -0.1) is 0 Å². The zero-order valence-electron chi connectivity index (χ0n) is 18.2. The third-order valence-electron chi connectivity index (χ3n) is 6.61. The summed E-state index contributed by atoms with van der Waals surface area (Å²) in [5.74, 6) is -1.94. The van der Waals surface area contributed by atoms with Crippen molar-refractivity contribution in [3.8, 4) is 0 Å². The molecule has 0 atom stereocenters. The Kier molecular flexibility index (Phi) is 5.64. The molecular weight excluding hydrogens is 425 g/mol. The van der Waals surface area contributed by atoms with Gasteiger partial charge >= 0.3 is 5.97 Å². The van der Waals surface area contributed by atoms with Crippen molar-refractivity contribution >= 4 is 22.6 Å². The van der Waals surface area contributed by atoms with Gasteiger partial charge in [-0.3, -0.25) is 9.69 Å². The fourth-order valence-electron chi connectivity index (χ4n) is 4.81. The number of nitrogens with zero attached hydrogens (tertiary/aromatic N) is 3. The van der Waals surface area contributed by atoms with E-state index in [1.165, 1.54) is 11.8 Å². The molecule has 33 heavy (non-hydrogen) atoms. The van der Waals surface area contributed by atoms with Crippen LogP contribution >= 0.6 is 0 Å². The maximum absolute atomic E-state index is 15.4. The maximum atomic E-state index is 15.4. The first-order valence-corrected chi connectivity index (χ1v) is 11.2. The number of carbonyl (C=O) groups is 1. The number of piperazine rings is 1. The first kappa shape index (κ1) is 21.6. The number of anilines is 1. The number of carboxylic acids is 1. The molecule has 172 valence electrons. The van der Waals surface area contributed by atoms with Gasteiger partial charge in [0, 0.05) is 55.9 Å². The monoisotopic (exact) mass is 451 g/mol. The summed E-state index contributed by atoms with van der Waals surface area (Å²) in [5.41, 5.74) is 1.23. The van der Waals surface area contributed by atoms with Gasteiger partial charge < -0.3 is 19.7 Å². The Labute approximate surface area is 190 Å². The highest BCUT2D eigenvalue weighted by atomic mass is 19.1. The van der Waals surface area contributed by atoms with E-state index in [1.807, 2.05) is 23.1 Å². The number of hydrogen-bond donors (Lipinski definition) is 2. The number of aromatic carboxylic acids is 1. The van der Waals surface area contributed by atoms with Crippen molar-refractivity contribution < 1.29 is 19.4 Å². The van der Waals surface area contributed by atoms with Crippen molar-refractivity contribution in [2.45, 2.75) is 32.0 Å². The van der Waals surface area contributed by atoms with Crippen LogP contribution in [0.15, 0.2) is 47.4 Å². The van der Waals surface area contributed by atoms with E-state index in [-0.39, 0.29) is 17.0 Å². The molecule has 0 bridgehead atoms. The van der Waals surface area contributed by atoms with Crippen molar-refractivity contribution in [2.75, 3.05) is 31.1 Å². The highest BCUT2D eigenvalue weighted by Crippen LogP contribution is 2.40. The minimum atomic E-state index is -1.33. The SMILES string of the molecule is O=C(O)c1cn(C2CC2)c2c(CO)c(N3CCN(Cc4ccccc4)CC3)c(F)cc2c1=O. The van der Waals surface area contributed by atoms with Crippen LogP contribution in [0.1, 0.15) is 40.4 Å². The second-order valence-electron chi connectivity index (χ2n) is 8.80. The first-order valence-electron chi connectivity index (χ1n) is 11.2.